The number of fused-ring (bicyclic) bond motifs is 3. The van der Waals surface area contributed by atoms with Crippen LogP contribution in [0.15, 0.2) is 78.1 Å². The number of pyridine rings is 1. The number of oxazole rings is 1. The lowest BCUT2D eigenvalue weighted by Gasteiger charge is -2.11. The van der Waals surface area contributed by atoms with Crippen LogP contribution in [0.4, 0.5) is 10.2 Å². The summed E-state index contributed by atoms with van der Waals surface area (Å²) in [6.07, 6.45) is 6.17. The number of nitrogens with zero attached hydrogens (tertiary/aromatic N) is 8. The van der Waals surface area contributed by atoms with Crippen LogP contribution in [0.2, 0.25) is 0 Å². The molecular formula is C26H18FN9O. The van der Waals surface area contributed by atoms with E-state index in [4.69, 9.17) is 20.3 Å². The number of nitrogens with two attached hydrogens (primary N) is 1. The molecule has 11 heteroatoms. The number of benzene rings is 2. The monoisotopic (exact) mass is 491 g/mol. The Bertz CT molecular complexity index is 1940. The number of aromatic nitrogens is 8. The SMILES string of the molecule is CC(c1nn(-c2cccnc2)c2cc(F)ccc12)n1nc(-c2ccc3ocnc3c2)c2c(N)ncnc21. The molecule has 0 bridgehead atoms. The van der Waals surface area contributed by atoms with Crippen LogP contribution in [0.5, 0.6) is 0 Å². The summed E-state index contributed by atoms with van der Waals surface area (Å²) in [6.45, 7) is 1.97. The van der Waals surface area contributed by atoms with Gasteiger partial charge in [-0.2, -0.15) is 10.2 Å². The molecule has 0 saturated carbocycles. The number of nitrogen functional groups attached to an aromatic ring is 1. The van der Waals surface area contributed by atoms with Crippen molar-refractivity contribution in [3.63, 3.8) is 0 Å². The molecular weight excluding hydrogens is 473 g/mol. The maximum absolute atomic E-state index is 14.3. The molecule has 0 fully saturated rings. The summed E-state index contributed by atoms with van der Waals surface area (Å²) in [5, 5.41) is 11.2. The van der Waals surface area contributed by atoms with E-state index >= 15 is 0 Å². The number of hydrogen-bond acceptors (Lipinski definition) is 8. The highest BCUT2D eigenvalue weighted by Crippen LogP contribution is 2.36. The zero-order valence-electron chi connectivity index (χ0n) is 19.4. The van der Waals surface area contributed by atoms with Crippen LogP contribution >= 0.6 is 0 Å². The molecule has 0 amide bonds. The van der Waals surface area contributed by atoms with Crippen molar-refractivity contribution in [1.29, 1.82) is 0 Å². The fourth-order valence-corrected chi connectivity index (χ4v) is 4.69. The lowest BCUT2D eigenvalue weighted by atomic mass is 10.1. The summed E-state index contributed by atoms with van der Waals surface area (Å²) < 4.78 is 23.1. The van der Waals surface area contributed by atoms with Crippen molar-refractivity contribution < 1.29 is 8.81 Å². The second-order valence-corrected chi connectivity index (χ2v) is 8.63. The molecule has 180 valence electrons. The summed E-state index contributed by atoms with van der Waals surface area (Å²) in [5.41, 5.74) is 11.7. The first-order valence-corrected chi connectivity index (χ1v) is 11.5. The predicted octanol–water partition coefficient (Wildman–Crippen LogP) is 4.70. The van der Waals surface area contributed by atoms with E-state index in [1.807, 2.05) is 37.3 Å². The molecule has 0 radical (unpaired) electrons. The fourth-order valence-electron chi connectivity index (χ4n) is 4.69. The van der Waals surface area contributed by atoms with Crippen LogP contribution in [0.3, 0.4) is 0 Å². The van der Waals surface area contributed by atoms with E-state index in [-0.39, 0.29) is 11.9 Å². The highest BCUT2D eigenvalue weighted by atomic mass is 19.1. The predicted molar refractivity (Wildman–Crippen MR) is 135 cm³/mol. The Hall–Kier alpha value is -5.19. The van der Waals surface area contributed by atoms with E-state index in [0.29, 0.717) is 44.9 Å². The molecule has 7 rings (SSSR count). The molecule has 1 atom stereocenters. The van der Waals surface area contributed by atoms with Gasteiger partial charge in [0.1, 0.15) is 29.2 Å². The van der Waals surface area contributed by atoms with E-state index in [0.717, 1.165) is 16.6 Å². The van der Waals surface area contributed by atoms with E-state index < -0.39 is 0 Å². The zero-order valence-corrected chi connectivity index (χ0v) is 19.4. The summed E-state index contributed by atoms with van der Waals surface area (Å²) >= 11 is 0. The quantitative estimate of drug-likeness (QED) is 0.375. The van der Waals surface area contributed by atoms with Crippen LogP contribution in [0.25, 0.3) is 50.0 Å². The van der Waals surface area contributed by atoms with Gasteiger partial charge in [-0.15, -0.1) is 0 Å². The second kappa shape index (κ2) is 7.92. The number of anilines is 1. The molecule has 0 saturated heterocycles. The second-order valence-electron chi connectivity index (χ2n) is 8.63. The molecule has 0 aliphatic heterocycles. The molecule has 5 aromatic heterocycles. The molecule has 1 unspecified atom stereocenters. The molecule has 5 heterocycles. The minimum atomic E-state index is -0.382. The van der Waals surface area contributed by atoms with Crippen molar-refractivity contribution in [2.45, 2.75) is 13.0 Å². The molecule has 0 aliphatic rings. The first kappa shape index (κ1) is 21.1. The van der Waals surface area contributed by atoms with E-state index in [2.05, 4.69) is 19.9 Å². The highest BCUT2D eigenvalue weighted by molar-refractivity contribution is 5.99. The Morgan fingerprint density at radius 1 is 1.03 bits per heavy atom. The van der Waals surface area contributed by atoms with Gasteiger partial charge in [-0.05, 0) is 49.4 Å². The molecule has 37 heavy (non-hydrogen) atoms. The van der Waals surface area contributed by atoms with Crippen LogP contribution in [-0.4, -0.2) is 39.5 Å². The van der Waals surface area contributed by atoms with E-state index in [9.17, 15) is 4.39 Å². The van der Waals surface area contributed by atoms with Crippen LogP contribution < -0.4 is 5.73 Å². The Balaban J connectivity index is 1.45. The molecule has 7 aromatic rings. The third kappa shape index (κ3) is 3.24. The van der Waals surface area contributed by atoms with Crippen molar-refractivity contribution in [2.75, 3.05) is 5.73 Å². The number of rotatable bonds is 4. The Labute approximate surface area is 208 Å². The van der Waals surface area contributed by atoms with Crippen LogP contribution in [0.1, 0.15) is 18.7 Å². The fraction of sp³-hybridized carbons (Fsp3) is 0.0769. The van der Waals surface area contributed by atoms with Gasteiger partial charge in [0.05, 0.1) is 34.5 Å². The first-order chi connectivity index (χ1) is 18.1. The summed E-state index contributed by atoms with van der Waals surface area (Å²) in [7, 11) is 0. The lowest BCUT2D eigenvalue weighted by molar-refractivity contribution is 0.564. The standard InChI is InChI=1S/C26H18FN9O/c1-14(23-18-6-5-16(27)10-20(18)36(33-23)17-3-2-8-29-11-17)35-26-22(25(28)30-12-31-26)24(34-35)15-4-7-21-19(9-15)32-13-37-21/h2-14H,1H3,(H2,28,30,31). The first-order valence-electron chi connectivity index (χ1n) is 11.5. The van der Waals surface area contributed by atoms with Crippen molar-refractivity contribution in [2.24, 2.45) is 0 Å². The minimum Gasteiger partial charge on any atom is -0.443 e. The third-order valence-corrected chi connectivity index (χ3v) is 6.45. The van der Waals surface area contributed by atoms with Gasteiger partial charge >= 0.3 is 0 Å². The van der Waals surface area contributed by atoms with Gasteiger partial charge in [-0.3, -0.25) is 4.98 Å². The topological polar surface area (TPSA) is 126 Å². The maximum atomic E-state index is 14.3. The van der Waals surface area contributed by atoms with Crippen LogP contribution in [-0.2, 0) is 0 Å². The lowest BCUT2D eigenvalue weighted by Crippen LogP contribution is -2.11. The molecule has 0 aliphatic carbocycles. The van der Waals surface area contributed by atoms with Crippen molar-refractivity contribution >= 4 is 38.9 Å². The van der Waals surface area contributed by atoms with Gasteiger partial charge in [0.15, 0.2) is 17.6 Å². The Kier molecular flexibility index (Phi) is 4.52. The Morgan fingerprint density at radius 3 is 2.81 bits per heavy atom. The number of halogens is 1. The van der Waals surface area contributed by atoms with Gasteiger partial charge in [0.2, 0.25) is 0 Å². The largest absolute Gasteiger partial charge is 0.443 e. The van der Waals surface area contributed by atoms with Gasteiger partial charge < -0.3 is 10.2 Å². The summed E-state index contributed by atoms with van der Waals surface area (Å²) in [6, 6.07) is 13.5. The third-order valence-electron chi connectivity index (χ3n) is 6.45. The minimum absolute atomic E-state index is 0.312. The highest BCUT2D eigenvalue weighted by Gasteiger charge is 2.25. The van der Waals surface area contributed by atoms with Gasteiger partial charge in [-0.1, -0.05) is 0 Å². The van der Waals surface area contributed by atoms with Crippen LogP contribution in [0, 0.1) is 5.82 Å². The summed E-state index contributed by atoms with van der Waals surface area (Å²) in [4.78, 5) is 17.2. The summed E-state index contributed by atoms with van der Waals surface area (Å²) in [5.74, 6) is -0.0427. The van der Waals surface area contributed by atoms with Crippen molar-refractivity contribution in [3.8, 4) is 16.9 Å². The number of hydrogen-bond donors (Lipinski definition) is 1. The van der Waals surface area contributed by atoms with Gasteiger partial charge in [0, 0.05) is 23.2 Å². The average molecular weight is 491 g/mol. The smallest absolute Gasteiger partial charge is 0.181 e. The molecule has 10 nitrogen and oxygen atoms in total. The van der Waals surface area contributed by atoms with Gasteiger partial charge in [0.25, 0.3) is 0 Å². The Morgan fingerprint density at radius 2 is 1.95 bits per heavy atom. The van der Waals surface area contributed by atoms with Crippen molar-refractivity contribution in [3.05, 3.63) is 85.2 Å². The van der Waals surface area contributed by atoms with E-state index in [1.54, 1.807) is 27.8 Å². The normalized spacial score (nSPS) is 12.6. The molecule has 0 spiro atoms. The van der Waals surface area contributed by atoms with E-state index in [1.165, 1.54) is 24.9 Å². The zero-order chi connectivity index (χ0) is 25.1. The average Bonchev–Trinajstić information content (AvgIpc) is 3.64. The maximum Gasteiger partial charge on any atom is 0.181 e. The molecule has 2 aromatic carbocycles. The van der Waals surface area contributed by atoms with Crippen molar-refractivity contribution in [1.82, 2.24) is 39.5 Å². The van der Waals surface area contributed by atoms with Gasteiger partial charge in [-0.25, -0.2) is 28.7 Å². The molecule has 2 N–H and O–H groups in total.